The smallest absolute Gasteiger partial charge is 0.233 e. The molecule has 4 rings (SSSR count). The van der Waals surface area contributed by atoms with Gasteiger partial charge in [0.2, 0.25) is 5.91 Å². The van der Waals surface area contributed by atoms with E-state index in [1.807, 2.05) is 39.8 Å². The van der Waals surface area contributed by atoms with Crippen LogP contribution in [0.5, 0.6) is 0 Å². The number of aromatic nitrogens is 3. The van der Waals surface area contributed by atoms with Gasteiger partial charge in [0.1, 0.15) is 5.82 Å². The van der Waals surface area contributed by atoms with E-state index in [-0.39, 0.29) is 11.7 Å². The van der Waals surface area contributed by atoms with Crippen molar-refractivity contribution < 1.29 is 9.18 Å². The number of hydrogen-bond acceptors (Lipinski definition) is 4. The number of halogens is 1. The number of thioether (sulfide) groups is 1. The topological polar surface area (TPSA) is 51.0 Å². The normalized spacial score (nSPS) is 16.8. The highest BCUT2D eigenvalue weighted by molar-refractivity contribution is 7.99. The summed E-state index contributed by atoms with van der Waals surface area (Å²) in [5, 5.41) is 9.32. The molecule has 0 aliphatic carbocycles. The lowest BCUT2D eigenvalue weighted by Crippen LogP contribution is -2.40. The van der Waals surface area contributed by atoms with Gasteiger partial charge in [0.25, 0.3) is 0 Å². The standard InChI is InChI=1S/C22H23FN4OS/c1-16-6-5-13-26(14-16)20(28)15-29-22-25-24-21(17-7-3-2-4-8-17)27(22)19-11-9-18(23)10-12-19/h2-4,7-12,16H,5-6,13-15H2,1H3. The molecular weight excluding hydrogens is 387 g/mol. The molecule has 5 nitrogen and oxygen atoms in total. The van der Waals surface area contributed by atoms with Crippen LogP contribution >= 0.6 is 11.8 Å². The first kappa shape index (κ1) is 19.6. The van der Waals surface area contributed by atoms with Crippen molar-refractivity contribution in [1.82, 2.24) is 19.7 Å². The molecule has 7 heteroatoms. The molecule has 1 saturated heterocycles. The summed E-state index contributed by atoms with van der Waals surface area (Å²) in [6.45, 7) is 3.83. The summed E-state index contributed by atoms with van der Waals surface area (Å²) in [6, 6.07) is 16.0. The van der Waals surface area contributed by atoms with Gasteiger partial charge in [-0.3, -0.25) is 9.36 Å². The lowest BCUT2D eigenvalue weighted by molar-refractivity contribution is -0.130. The first-order valence-electron chi connectivity index (χ1n) is 9.79. The Kier molecular flexibility index (Phi) is 5.94. The van der Waals surface area contributed by atoms with Crippen LogP contribution in [-0.4, -0.2) is 44.4 Å². The number of hydrogen-bond donors (Lipinski definition) is 0. The maximum absolute atomic E-state index is 13.4. The van der Waals surface area contributed by atoms with Crippen molar-refractivity contribution >= 4 is 17.7 Å². The molecule has 1 atom stereocenters. The highest BCUT2D eigenvalue weighted by Gasteiger charge is 2.23. The predicted octanol–water partition coefficient (Wildman–Crippen LogP) is 4.42. The van der Waals surface area contributed by atoms with Crippen LogP contribution in [0.4, 0.5) is 4.39 Å². The second-order valence-corrected chi connectivity index (χ2v) is 8.30. The molecule has 2 heterocycles. The number of amides is 1. The average Bonchev–Trinajstić information content (AvgIpc) is 3.17. The first-order chi connectivity index (χ1) is 14.1. The van der Waals surface area contributed by atoms with Gasteiger partial charge in [0.15, 0.2) is 11.0 Å². The van der Waals surface area contributed by atoms with Gasteiger partial charge < -0.3 is 4.90 Å². The van der Waals surface area contributed by atoms with Gasteiger partial charge >= 0.3 is 0 Å². The third kappa shape index (κ3) is 4.50. The third-order valence-corrected chi connectivity index (χ3v) is 6.00. The Bertz CT molecular complexity index is 974. The largest absolute Gasteiger partial charge is 0.342 e. The van der Waals surface area contributed by atoms with E-state index in [0.29, 0.717) is 22.7 Å². The lowest BCUT2D eigenvalue weighted by Gasteiger charge is -2.30. The van der Waals surface area contributed by atoms with E-state index in [9.17, 15) is 9.18 Å². The van der Waals surface area contributed by atoms with Gasteiger partial charge in [-0.05, 0) is 43.0 Å². The van der Waals surface area contributed by atoms with Crippen LogP contribution in [0.1, 0.15) is 19.8 Å². The molecule has 0 saturated carbocycles. The van der Waals surface area contributed by atoms with Crippen molar-refractivity contribution in [1.29, 1.82) is 0 Å². The highest BCUT2D eigenvalue weighted by atomic mass is 32.2. The summed E-state index contributed by atoms with van der Waals surface area (Å²) in [6.07, 6.45) is 2.23. The van der Waals surface area contributed by atoms with Gasteiger partial charge in [-0.15, -0.1) is 10.2 Å². The van der Waals surface area contributed by atoms with Crippen molar-refractivity contribution in [3.63, 3.8) is 0 Å². The Labute approximate surface area is 173 Å². The van der Waals surface area contributed by atoms with Crippen molar-refractivity contribution in [2.24, 2.45) is 5.92 Å². The van der Waals surface area contributed by atoms with Gasteiger partial charge in [-0.25, -0.2) is 4.39 Å². The zero-order valence-electron chi connectivity index (χ0n) is 16.3. The summed E-state index contributed by atoms with van der Waals surface area (Å²) in [7, 11) is 0. The first-order valence-corrected chi connectivity index (χ1v) is 10.8. The van der Waals surface area contributed by atoms with E-state index in [4.69, 9.17) is 0 Å². The molecule has 1 amide bonds. The van der Waals surface area contributed by atoms with Gasteiger partial charge in [-0.2, -0.15) is 0 Å². The minimum atomic E-state index is -0.299. The van der Waals surface area contributed by atoms with Crippen molar-refractivity contribution in [2.45, 2.75) is 24.9 Å². The SMILES string of the molecule is CC1CCCN(C(=O)CSc2nnc(-c3ccccc3)n2-c2ccc(F)cc2)C1. The minimum absolute atomic E-state index is 0.122. The number of likely N-dealkylation sites (tertiary alicyclic amines) is 1. The molecule has 3 aromatic rings. The Hall–Kier alpha value is -2.67. The molecule has 1 unspecified atom stereocenters. The van der Waals surface area contributed by atoms with E-state index in [2.05, 4.69) is 17.1 Å². The number of rotatable bonds is 5. The van der Waals surface area contributed by atoms with Crippen LogP contribution in [0.25, 0.3) is 17.1 Å². The van der Waals surface area contributed by atoms with Gasteiger partial charge in [0, 0.05) is 24.3 Å². The quantitative estimate of drug-likeness (QED) is 0.584. The molecule has 0 spiro atoms. The van der Waals surface area contributed by atoms with Crippen molar-refractivity contribution in [3.8, 4) is 17.1 Å². The number of carbonyl (C=O) groups excluding carboxylic acids is 1. The van der Waals surface area contributed by atoms with Crippen LogP contribution in [0.2, 0.25) is 0 Å². The Morgan fingerprint density at radius 3 is 2.62 bits per heavy atom. The van der Waals surface area contributed by atoms with Crippen LogP contribution in [-0.2, 0) is 4.79 Å². The molecule has 0 N–H and O–H groups in total. The Balaban J connectivity index is 1.60. The van der Waals surface area contributed by atoms with Crippen LogP contribution in [0.15, 0.2) is 59.8 Å². The van der Waals surface area contributed by atoms with Crippen LogP contribution in [0, 0.1) is 11.7 Å². The van der Waals surface area contributed by atoms with Crippen LogP contribution < -0.4 is 0 Å². The highest BCUT2D eigenvalue weighted by Crippen LogP contribution is 2.28. The summed E-state index contributed by atoms with van der Waals surface area (Å²) < 4.78 is 15.3. The fourth-order valence-electron chi connectivity index (χ4n) is 3.59. The summed E-state index contributed by atoms with van der Waals surface area (Å²) >= 11 is 1.37. The van der Waals surface area contributed by atoms with Gasteiger partial charge in [0.05, 0.1) is 5.75 Å². The molecule has 1 aromatic heterocycles. The zero-order chi connectivity index (χ0) is 20.2. The molecule has 29 heavy (non-hydrogen) atoms. The summed E-state index contributed by atoms with van der Waals surface area (Å²) in [5.74, 6) is 1.34. The average molecular weight is 411 g/mol. The monoisotopic (exact) mass is 410 g/mol. The number of piperidine rings is 1. The predicted molar refractivity (Wildman–Crippen MR) is 112 cm³/mol. The van der Waals surface area contributed by atoms with Crippen LogP contribution in [0.3, 0.4) is 0 Å². The molecule has 0 radical (unpaired) electrons. The molecule has 150 valence electrons. The Morgan fingerprint density at radius 2 is 1.90 bits per heavy atom. The number of carbonyl (C=O) groups is 1. The number of nitrogens with zero attached hydrogens (tertiary/aromatic N) is 4. The summed E-state index contributed by atoms with van der Waals surface area (Å²) in [5.41, 5.74) is 1.67. The van der Waals surface area contributed by atoms with E-state index >= 15 is 0 Å². The molecule has 1 aliphatic rings. The fourth-order valence-corrected chi connectivity index (χ4v) is 4.45. The van der Waals surface area contributed by atoms with E-state index in [0.717, 1.165) is 30.8 Å². The lowest BCUT2D eigenvalue weighted by atomic mass is 10.0. The fraction of sp³-hybridized carbons (Fsp3) is 0.318. The van der Waals surface area contributed by atoms with E-state index in [1.54, 1.807) is 12.1 Å². The van der Waals surface area contributed by atoms with Crippen molar-refractivity contribution in [2.75, 3.05) is 18.8 Å². The second kappa shape index (κ2) is 8.78. The van der Waals surface area contributed by atoms with E-state index < -0.39 is 0 Å². The molecule has 2 aromatic carbocycles. The van der Waals surface area contributed by atoms with Crippen molar-refractivity contribution in [3.05, 3.63) is 60.4 Å². The molecule has 0 bridgehead atoms. The third-order valence-electron chi connectivity index (χ3n) is 5.08. The van der Waals surface area contributed by atoms with E-state index in [1.165, 1.54) is 30.3 Å². The Morgan fingerprint density at radius 1 is 1.14 bits per heavy atom. The zero-order valence-corrected chi connectivity index (χ0v) is 17.1. The summed E-state index contributed by atoms with van der Waals surface area (Å²) in [4.78, 5) is 14.6. The minimum Gasteiger partial charge on any atom is -0.342 e. The number of benzene rings is 2. The van der Waals surface area contributed by atoms with Gasteiger partial charge in [-0.1, -0.05) is 49.0 Å². The molecule has 1 fully saturated rings. The maximum atomic E-state index is 13.4. The maximum Gasteiger partial charge on any atom is 0.233 e. The molecular formula is C22H23FN4OS. The second-order valence-electron chi connectivity index (χ2n) is 7.36. The molecule has 1 aliphatic heterocycles.